The van der Waals surface area contributed by atoms with E-state index in [0.29, 0.717) is 23.2 Å². The van der Waals surface area contributed by atoms with Gasteiger partial charge in [-0.05, 0) is 38.0 Å². The van der Waals surface area contributed by atoms with Gasteiger partial charge < -0.3 is 14.2 Å². The second-order valence-electron chi connectivity index (χ2n) is 5.48. The van der Waals surface area contributed by atoms with E-state index >= 15 is 0 Å². The minimum Gasteiger partial charge on any atom is -0.493 e. The van der Waals surface area contributed by atoms with E-state index in [1.807, 2.05) is 25.1 Å². The van der Waals surface area contributed by atoms with Gasteiger partial charge >= 0.3 is 0 Å². The lowest BCUT2D eigenvalue weighted by Crippen LogP contribution is -2.26. The van der Waals surface area contributed by atoms with Gasteiger partial charge in [-0.1, -0.05) is 0 Å². The lowest BCUT2D eigenvalue weighted by atomic mass is 10.1. The molecule has 7 heteroatoms. The molecule has 0 bridgehead atoms. The first-order valence-electron chi connectivity index (χ1n) is 7.74. The summed E-state index contributed by atoms with van der Waals surface area (Å²) in [6, 6.07) is 5.65. The number of aromatic nitrogens is 1. The van der Waals surface area contributed by atoms with E-state index in [0.717, 1.165) is 29.0 Å². The molecule has 2 heterocycles. The fourth-order valence-corrected chi connectivity index (χ4v) is 3.51. The highest BCUT2D eigenvalue weighted by Gasteiger charge is 2.24. The lowest BCUT2D eigenvalue weighted by Gasteiger charge is -2.09. The maximum atomic E-state index is 12.1. The predicted octanol–water partition coefficient (Wildman–Crippen LogP) is 3.25. The van der Waals surface area contributed by atoms with Gasteiger partial charge in [0.05, 0.1) is 19.9 Å². The predicted molar refractivity (Wildman–Crippen MR) is 93.0 cm³/mol. The molecule has 1 atom stereocenters. The average molecular weight is 348 g/mol. The minimum atomic E-state index is -0.362. The van der Waals surface area contributed by atoms with Crippen LogP contribution in [0.1, 0.15) is 17.7 Å². The van der Waals surface area contributed by atoms with Crippen molar-refractivity contribution in [2.75, 3.05) is 26.1 Å². The highest BCUT2D eigenvalue weighted by Crippen LogP contribution is 2.36. The van der Waals surface area contributed by atoms with E-state index in [1.165, 1.54) is 11.3 Å². The summed E-state index contributed by atoms with van der Waals surface area (Å²) in [5, 5.41) is 3.43. The zero-order valence-electron chi connectivity index (χ0n) is 13.9. The second-order valence-corrected chi connectivity index (χ2v) is 6.69. The minimum absolute atomic E-state index is 0.125. The summed E-state index contributed by atoms with van der Waals surface area (Å²) in [6.07, 6.45) is 1.32. The summed E-state index contributed by atoms with van der Waals surface area (Å²) in [6.45, 7) is 2.62. The molecule has 6 nitrogen and oxygen atoms in total. The van der Waals surface area contributed by atoms with Gasteiger partial charge in [0.2, 0.25) is 0 Å². The summed E-state index contributed by atoms with van der Waals surface area (Å²) in [5.74, 6) is 1.19. The number of aryl methyl sites for hydroxylation is 1. The topological polar surface area (TPSA) is 69.7 Å². The van der Waals surface area contributed by atoms with Crippen LogP contribution in [0.2, 0.25) is 0 Å². The Morgan fingerprint density at radius 3 is 2.79 bits per heavy atom. The van der Waals surface area contributed by atoms with E-state index < -0.39 is 0 Å². The number of carbonyl (C=O) groups excluding carboxylic acids is 1. The van der Waals surface area contributed by atoms with Crippen LogP contribution >= 0.6 is 11.3 Å². The van der Waals surface area contributed by atoms with Crippen molar-refractivity contribution >= 4 is 22.4 Å². The summed E-state index contributed by atoms with van der Waals surface area (Å²) >= 11 is 1.45. The molecule has 1 N–H and O–H groups in total. The van der Waals surface area contributed by atoms with Crippen LogP contribution in [0.15, 0.2) is 18.2 Å². The molecule has 1 aromatic heterocycles. The zero-order valence-corrected chi connectivity index (χ0v) is 14.7. The maximum absolute atomic E-state index is 12.1. The first-order chi connectivity index (χ1) is 11.6. The van der Waals surface area contributed by atoms with Crippen molar-refractivity contribution < 1.29 is 19.0 Å². The molecule has 128 valence electrons. The number of amides is 1. The molecule has 0 saturated carbocycles. The van der Waals surface area contributed by atoms with Gasteiger partial charge in [-0.2, -0.15) is 0 Å². The van der Waals surface area contributed by atoms with E-state index in [4.69, 9.17) is 14.2 Å². The molecule has 3 rings (SSSR count). The van der Waals surface area contributed by atoms with Crippen LogP contribution in [0.25, 0.3) is 11.3 Å². The summed E-state index contributed by atoms with van der Waals surface area (Å²) in [7, 11) is 3.20. The van der Waals surface area contributed by atoms with Crippen molar-refractivity contribution in [2.45, 2.75) is 25.9 Å². The van der Waals surface area contributed by atoms with Crippen LogP contribution in [0, 0.1) is 6.92 Å². The molecule has 1 aromatic carbocycles. The Bertz CT molecular complexity index is 738. The van der Waals surface area contributed by atoms with Gasteiger partial charge in [-0.15, -0.1) is 11.3 Å². The Morgan fingerprint density at radius 2 is 2.12 bits per heavy atom. The van der Waals surface area contributed by atoms with Crippen molar-refractivity contribution in [1.82, 2.24) is 4.98 Å². The number of hydrogen-bond donors (Lipinski definition) is 1. The molecule has 0 radical (unpaired) electrons. The first-order valence-corrected chi connectivity index (χ1v) is 8.56. The van der Waals surface area contributed by atoms with Crippen molar-refractivity contribution in [3.05, 3.63) is 23.1 Å². The van der Waals surface area contributed by atoms with Crippen LogP contribution in [-0.4, -0.2) is 37.8 Å². The third-order valence-corrected chi connectivity index (χ3v) is 4.79. The number of thiazole rings is 1. The average Bonchev–Trinajstić information content (AvgIpc) is 3.24. The van der Waals surface area contributed by atoms with E-state index in [9.17, 15) is 4.79 Å². The molecule has 0 aliphatic carbocycles. The van der Waals surface area contributed by atoms with Gasteiger partial charge in [-0.3, -0.25) is 10.1 Å². The van der Waals surface area contributed by atoms with Crippen LogP contribution in [-0.2, 0) is 9.53 Å². The van der Waals surface area contributed by atoms with Crippen molar-refractivity contribution in [2.24, 2.45) is 0 Å². The number of carbonyl (C=O) groups is 1. The number of ether oxygens (including phenoxy) is 3. The number of hydrogen-bond acceptors (Lipinski definition) is 6. The molecule has 1 saturated heterocycles. The third-order valence-electron chi connectivity index (χ3n) is 3.91. The highest BCUT2D eigenvalue weighted by molar-refractivity contribution is 7.16. The number of rotatable bonds is 5. The number of anilines is 1. The van der Waals surface area contributed by atoms with Crippen LogP contribution in [0.3, 0.4) is 0 Å². The van der Waals surface area contributed by atoms with Crippen molar-refractivity contribution in [3.8, 4) is 22.8 Å². The van der Waals surface area contributed by atoms with Gasteiger partial charge in [0, 0.05) is 17.0 Å². The monoisotopic (exact) mass is 348 g/mol. The fourth-order valence-electron chi connectivity index (χ4n) is 2.67. The van der Waals surface area contributed by atoms with Gasteiger partial charge in [0.1, 0.15) is 6.10 Å². The van der Waals surface area contributed by atoms with Crippen LogP contribution < -0.4 is 14.8 Å². The molecule has 1 fully saturated rings. The van der Waals surface area contributed by atoms with Crippen molar-refractivity contribution in [1.29, 1.82) is 0 Å². The first kappa shape index (κ1) is 16.7. The number of nitrogens with zero attached hydrogens (tertiary/aromatic N) is 1. The molecule has 24 heavy (non-hydrogen) atoms. The molecular formula is C17H20N2O4S. The maximum Gasteiger partial charge on any atom is 0.255 e. The highest BCUT2D eigenvalue weighted by atomic mass is 32.1. The van der Waals surface area contributed by atoms with E-state index in [1.54, 1.807) is 14.2 Å². The number of methoxy groups -OCH3 is 2. The summed E-state index contributed by atoms with van der Waals surface area (Å²) in [5.41, 5.74) is 1.74. The molecule has 1 aliphatic heterocycles. The number of benzene rings is 1. The van der Waals surface area contributed by atoms with Gasteiger partial charge in [0.25, 0.3) is 5.91 Å². The summed E-state index contributed by atoms with van der Waals surface area (Å²) < 4.78 is 16.0. The van der Waals surface area contributed by atoms with E-state index in [-0.39, 0.29) is 12.0 Å². The van der Waals surface area contributed by atoms with Crippen molar-refractivity contribution in [3.63, 3.8) is 0 Å². The quantitative estimate of drug-likeness (QED) is 0.898. The molecule has 0 unspecified atom stereocenters. The normalized spacial score (nSPS) is 16.9. The summed E-state index contributed by atoms with van der Waals surface area (Å²) in [4.78, 5) is 17.7. The second kappa shape index (κ2) is 7.19. The molecule has 1 aliphatic rings. The smallest absolute Gasteiger partial charge is 0.255 e. The molecule has 0 spiro atoms. The SMILES string of the molecule is COc1ccc(-c2nc(NC(=O)[C@@H]3CCCO3)sc2C)cc1OC. The standard InChI is InChI=1S/C17H20N2O4S/c1-10-15(11-6-7-12(21-2)14(9-11)22-3)18-17(24-10)19-16(20)13-5-4-8-23-13/h6-7,9,13H,4-5,8H2,1-3H3,(H,18,19,20)/t13-/m0/s1. The van der Waals surface area contributed by atoms with Gasteiger partial charge in [-0.25, -0.2) is 4.98 Å². The Hall–Kier alpha value is -2.12. The largest absolute Gasteiger partial charge is 0.493 e. The van der Waals surface area contributed by atoms with E-state index in [2.05, 4.69) is 10.3 Å². The van der Waals surface area contributed by atoms with Crippen LogP contribution in [0.5, 0.6) is 11.5 Å². The van der Waals surface area contributed by atoms with Crippen LogP contribution in [0.4, 0.5) is 5.13 Å². The lowest BCUT2D eigenvalue weighted by molar-refractivity contribution is -0.124. The number of nitrogens with one attached hydrogen (secondary N) is 1. The third kappa shape index (κ3) is 3.37. The zero-order chi connectivity index (χ0) is 17.1. The molecular weight excluding hydrogens is 328 g/mol. The Kier molecular flexibility index (Phi) is 5.01. The Labute approximate surface area is 144 Å². The van der Waals surface area contributed by atoms with Gasteiger partial charge in [0.15, 0.2) is 16.6 Å². The Morgan fingerprint density at radius 1 is 1.33 bits per heavy atom. The Balaban J connectivity index is 1.82. The molecule has 1 amide bonds. The molecule has 2 aromatic rings. The fraction of sp³-hybridized carbons (Fsp3) is 0.412.